The normalized spacial score (nSPS) is 15.2. The van der Waals surface area contributed by atoms with E-state index in [9.17, 15) is 9.59 Å². The molecule has 0 spiro atoms. The van der Waals surface area contributed by atoms with E-state index in [0.29, 0.717) is 17.0 Å². The molecule has 1 saturated heterocycles. The molecule has 1 aromatic heterocycles. The Morgan fingerprint density at radius 1 is 0.966 bits per heavy atom. The molecule has 1 amide bonds. The summed E-state index contributed by atoms with van der Waals surface area (Å²) in [6, 6.07) is 12.9. The second-order valence-electron chi connectivity index (χ2n) is 6.80. The Kier molecular flexibility index (Phi) is 6.89. The Bertz CT molecular complexity index is 931. The highest BCUT2D eigenvalue weighted by atomic mass is 16.5. The van der Waals surface area contributed by atoms with Crippen molar-refractivity contribution in [3.8, 4) is 0 Å². The summed E-state index contributed by atoms with van der Waals surface area (Å²) >= 11 is 0. The maximum atomic E-state index is 12.8. The zero-order valence-corrected chi connectivity index (χ0v) is 16.3. The van der Waals surface area contributed by atoms with Crippen LogP contribution < -0.4 is 10.4 Å². The minimum Gasteiger partial charge on any atom is -0.368 e. The van der Waals surface area contributed by atoms with Gasteiger partial charge >= 0.3 is 0 Å². The highest BCUT2D eigenvalue weighted by Gasteiger charge is 2.18. The number of hydroxylamine groups is 1. The summed E-state index contributed by atoms with van der Waals surface area (Å²) in [5, 5.41) is 8.52. The molecule has 29 heavy (non-hydrogen) atoms. The number of anilines is 1. The number of hydrogen-bond acceptors (Lipinski definition) is 6. The molecule has 7 heteroatoms. The number of allylic oxidation sites excluding steroid dienone is 1. The van der Waals surface area contributed by atoms with Crippen molar-refractivity contribution in [1.29, 1.82) is 0 Å². The minimum absolute atomic E-state index is 0.0815. The van der Waals surface area contributed by atoms with Gasteiger partial charge in [-0.05, 0) is 49.5 Å². The lowest BCUT2D eigenvalue weighted by Crippen LogP contribution is -2.44. The van der Waals surface area contributed by atoms with E-state index < -0.39 is 5.91 Å². The Morgan fingerprint density at radius 2 is 1.62 bits per heavy atom. The smallest absolute Gasteiger partial charge is 0.267 e. The number of likely N-dealkylation sites (N-methyl/N-ethyl adjacent to an activating group) is 1. The highest BCUT2D eigenvalue weighted by molar-refractivity contribution is 6.10. The molecule has 1 fully saturated rings. The average Bonchev–Trinajstić information content (AvgIpc) is 2.76. The number of aromatic nitrogens is 1. The number of para-hydroxylation sites is 1. The summed E-state index contributed by atoms with van der Waals surface area (Å²) in [5.74, 6) is -0.717. The van der Waals surface area contributed by atoms with Gasteiger partial charge in [-0.2, -0.15) is 0 Å². The predicted octanol–water partition coefficient (Wildman–Crippen LogP) is 2.25. The van der Waals surface area contributed by atoms with Crippen molar-refractivity contribution in [2.24, 2.45) is 0 Å². The van der Waals surface area contributed by atoms with E-state index in [1.165, 1.54) is 23.7 Å². The molecular formula is C22H24N4O3. The molecule has 150 valence electrons. The van der Waals surface area contributed by atoms with Gasteiger partial charge in [0.2, 0.25) is 0 Å². The number of benzene rings is 1. The minimum atomic E-state index is -0.636. The Hall–Kier alpha value is -3.29. The highest BCUT2D eigenvalue weighted by Crippen LogP contribution is 2.22. The van der Waals surface area contributed by atoms with E-state index in [1.807, 2.05) is 24.3 Å². The van der Waals surface area contributed by atoms with Gasteiger partial charge in [0, 0.05) is 43.5 Å². The first-order chi connectivity index (χ1) is 14.1. The van der Waals surface area contributed by atoms with Crippen LogP contribution in [0.4, 0.5) is 5.69 Å². The van der Waals surface area contributed by atoms with Crippen LogP contribution in [0.15, 0.2) is 54.6 Å². The van der Waals surface area contributed by atoms with Crippen LogP contribution in [0.2, 0.25) is 0 Å². The number of piperazine rings is 1. The number of nitrogens with zero attached hydrogens (tertiary/aromatic N) is 3. The number of amides is 1. The van der Waals surface area contributed by atoms with Gasteiger partial charge < -0.3 is 9.80 Å². The van der Waals surface area contributed by atoms with Crippen LogP contribution in [0.25, 0.3) is 12.2 Å². The second kappa shape index (κ2) is 9.77. The fraction of sp³-hybridized carbons (Fsp3) is 0.227. The van der Waals surface area contributed by atoms with E-state index in [4.69, 9.17) is 5.21 Å². The Balaban J connectivity index is 1.75. The molecular weight excluding hydrogens is 368 g/mol. The topological polar surface area (TPSA) is 85.8 Å². The quantitative estimate of drug-likeness (QED) is 0.339. The van der Waals surface area contributed by atoms with Crippen LogP contribution in [0.3, 0.4) is 0 Å². The molecule has 0 atom stereocenters. The first kappa shape index (κ1) is 20.4. The molecule has 2 aromatic rings. The van der Waals surface area contributed by atoms with E-state index in [1.54, 1.807) is 24.3 Å². The number of rotatable bonds is 6. The molecule has 1 aromatic carbocycles. The van der Waals surface area contributed by atoms with Gasteiger partial charge in [0.05, 0.1) is 11.4 Å². The van der Waals surface area contributed by atoms with Gasteiger partial charge in [-0.25, -0.2) is 10.5 Å². The molecule has 1 aliphatic rings. The third-order valence-corrected chi connectivity index (χ3v) is 4.73. The van der Waals surface area contributed by atoms with Crippen LogP contribution >= 0.6 is 0 Å². The van der Waals surface area contributed by atoms with E-state index in [-0.39, 0.29) is 5.78 Å². The van der Waals surface area contributed by atoms with Gasteiger partial charge in [-0.1, -0.05) is 18.2 Å². The van der Waals surface area contributed by atoms with E-state index in [0.717, 1.165) is 31.9 Å². The lowest BCUT2D eigenvalue weighted by atomic mass is 10.1. The third kappa shape index (κ3) is 5.60. The van der Waals surface area contributed by atoms with E-state index in [2.05, 4.69) is 21.8 Å². The second-order valence-corrected chi connectivity index (χ2v) is 6.80. The summed E-state index contributed by atoms with van der Waals surface area (Å²) < 4.78 is 0. The van der Waals surface area contributed by atoms with Gasteiger partial charge in [-0.15, -0.1) is 0 Å². The number of carbonyl (C=O) groups excluding carboxylic acids is 2. The molecule has 0 radical (unpaired) electrons. The van der Waals surface area contributed by atoms with Crippen LogP contribution in [0, 0.1) is 0 Å². The van der Waals surface area contributed by atoms with Gasteiger partial charge in [0.15, 0.2) is 5.78 Å². The number of hydrogen-bond donors (Lipinski definition) is 2. The Morgan fingerprint density at radius 3 is 2.31 bits per heavy atom. The summed E-state index contributed by atoms with van der Waals surface area (Å²) in [7, 11) is 2.10. The maximum Gasteiger partial charge on any atom is 0.267 e. The predicted molar refractivity (Wildman–Crippen MR) is 113 cm³/mol. The average molecular weight is 392 g/mol. The summed E-state index contributed by atoms with van der Waals surface area (Å²) in [4.78, 5) is 32.8. The summed E-state index contributed by atoms with van der Waals surface area (Å²) in [6.07, 6.45) is 5.83. The van der Waals surface area contributed by atoms with Crippen LogP contribution in [-0.4, -0.2) is 60.0 Å². The standard InChI is InChI=1S/C22H24N4O3/c1-25-13-15-26(16-14-25)20-8-3-2-7-19(20)21(27)11-9-17-5-4-6-18(23-17)10-12-22(28)24-29/h2-12,29H,13-16H2,1H3,(H,24,28)/b11-9+,12-10+. The van der Waals surface area contributed by atoms with Crippen molar-refractivity contribution >= 4 is 29.5 Å². The summed E-state index contributed by atoms with van der Waals surface area (Å²) in [6.45, 7) is 3.72. The Labute approximate surface area is 169 Å². The van der Waals surface area contributed by atoms with Crippen molar-refractivity contribution in [2.45, 2.75) is 0 Å². The molecule has 2 N–H and O–H groups in total. The molecule has 0 unspecified atom stereocenters. The monoisotopic (exact) mass is 392 g/mol. The molecule has 2 heterocycles. The number of carbonyl (C=O) groups is 2. The fourth-order valence-corrected chi connectivity index (χ4v) is 3.11. The number of nitrogens with one attached hydrogen (secondary N) is 1. The van der Waals surface area contributed by atoms with Crippen molar-refractivity contribution in [3.05, 3.63) is 71.6 Å². The summed E-state index contributed by atoms with van der Waals surface area (Å²) in [5.41, 5.74) is 4.29. The number of ketones is 1. The van der Waals surface area contributed by atoms with Gasteiger partial charge in [0.1, 0.15) is 0 Å². The van der Waals surface area contributed by atoms with Crippen molar-refractivity contribution in [3.63, 3.8) is 0 Å². The van der Waals surface area contributed by atoms with Crippen molar-refractivity contribution in [2.75, 3.05) is 38.1 Å². The van der Waals surface area contributed by atoms with Crippen molar-refractivity contribution in [1.82, 2.24) is 15.4 Å². The fourth-order valence-electron chi connectivity index (χ4n) is 3.11. The maximum absolute atomic E-state index is 12.8. The van der Waals surface area contributed by atoms with E-state index >= 15 is 0 Å². The molecule has 0 aliphatic carbocycles. The zero-order valence-electron chi connectivity index (χ0n) is 16.3. The lowest BCUT2D eigenvalue weighted by Gasteiger charge is -2.34. The molecule has 3 rings (SSSR count). The zero-order chi connectivity index (χ0) is 20.6. The lowest BCUT2D eigenvalue weighted by molar-refractivity contribution is -0.124. The largest absolute Gasteiger partial charge is 0.368 e. The first-order valence-corrected chi connectivity index (χ1v) is 9.41. The van der Waals surface area contributed by atoms with Gasteiger partial charge in [0.25, 0.3) is 5.91 Å². The van der Waals surface area contributed by atoms with Crippen LogP contribution in [0.5, 0.6) is 0 Å². The third-order valence-electron chi connectivity index (χ3n) is 4.73. The molecule has 0 bridgehead atoms. The number of pyridine rings is 1. The first-order valence-electron chi connectivity index (χ1n) is 9.41. The SMILES string of the molecule is CN1CCN(c2ccccc2C(=O)/C=C/c2cccc(/C=C/C(=O)NO)n2)CC1. The molecule has 7 nitrogen and oxygen atoms in total. The van der Waals surface area contributed by atoms with Gasteiger partial charge in [-0.3, -0.25) is 14.8 Å². The molecule has 0 saturated carbocycles. The molecule has 1 aliphatic heterocycles. The van der Waals surface area contributed by atoms with Crippen molar-refractivity contribution < 1.29 is 14.8 Å². The van der Waals surface area contributed by atoms with Crippen LogP contribution in [-0.2, 0) is 4.79 Å². The van der Waals surface area contributed by atoms with Crippen LogP contribution in [0.1, 0.15) is 21.7 Å².